The largest absolute Gasteiger partial charge is 0.352 e. The zero-order valence-corrected chi connectivity index (χ0v) is 17.3. The molecule has 0 unspecified atom stereocenters. The molecule has 0 saturated heterocycles. The number of anilines is 1. The maximum atomic E-state index is 12.5. The van der Waals surface area contributed by atoms with Crippen LogP contribution in [0.1, 0.15) is 25.7 Å². The van der Waals surface area contributed by atoms with Crippen LogP contribution in [0.4, 0.5) is 5.69 Å². The monoisotopic (exact) mass is 423 g/mol. The zero-order valence-electron chi connectivity index (χ0n) is 17.3. The van der Waals surface area contributed by atoms with Crippen LogP contribution in [0, 0.1) is 5.92 Å². The molecule has 3 N–H and O–H groups in total. The molecular formula is C24H21N7O. The Morgan fingerprint density at radius 2 is 1.91 bits per heavy atom. The van der Waals surface area contributed by atoms with Crippen LogP contribution < -0.4 is 5.32 Å². The van der Waals surface area contributed by atoms with Crippen molar-refractivity contribution in [1.29, 1.82) is 0 Å². The van der Waals surface area contributed by atoms with Crippen LogP contribution in [-0.2, 0) is 4.79 Å². The summed E-state index contributed by atoms with van der Waals surface area (Å²) in [6.07, 6.45) is 11.2. The van der Waals surface area contributed by atoms with Crippen LogP contribution in [0.5, 0.6) is 0 Å². The molecular weight excluding hydrogens is 402 g/mol. The van der Waals surface area contributed by atoms with Gasteiger partial charge in [-0.25, -0.2) is 4.98 Å². The second-order valence-corrected chi connectivity index (χ2v) is 8.25. The summed E-state index contributed by atoms with van der Waals surface area (Å²) in [7, 11) is 0. The number of amides is 1. The first-order valence-corrected chi connectivity index (χ1v) is 10.8. The van der Waals surface area contributed by atoms with Crippen LogP contribution in [-0.4, -0.2) is 36.0 Å². The summed E-state index contributed by atoms with van der Waals surface area (Å²) in [5, 5.41) is 11.4. The van der Waals surface area contributed by atoms with E-state index in [1.807, 2.05) is 30.3 Å². The van der Waals surface area contributed by atoms with E-state index in [1.165, 1.54) is 0 Å². The number of aromatic nitrogens is 6. The molecule has 1 saturated carbocycles. The predicted molar refractivity (Wildman–Crippen MR) is 123 cm³/mol. The van der Waals surface area contributed by atoms with Crippen LogP contribution in [0.15, 0.2) is 55.1 Å². The van der Waals surface area contributed by atoms with E-state index in [-0.39, 0.29) is 11.8 Å². The molecule has 0 aliphatic heterocycles. The topological polar surface area (TPSA) is 112 Å². The van der Waals surface area contributed by atoms with Crippen molar-refractivity contribution in [1.82, 2.24) is 30.1 Å². The van der Waals surface area contributed by atoms with Crippen molar-refractivity contribution in [2.75, 3.05) is 5.32 Å². The van der Waals surface area contributed by atoms with Gasteiger partial charge in [-0.3, -0.25) is 19.9 Å². The fourth-order valence-electron chi connectivity index (χ4n) is 4.45. The number of fused-ring (bicyclic) bond motifs is 2. The highest BCUT2D eigenvalue weighted by atomic mass is 16.1. The van der Waals surface area contributed by atoms with Gasteiger partial charge in [0, 0.05) is 41.0 Å². The molecule has 1 aliphatic carbocycles. The van der Waals surface area contributed by atoms with Crippen molar-refractivity contribution < 1.29 is 4.79 Å². The number of H-pyrrole nitrogens is 2. The second kappa shape index (κ2) is 7.56. The van der Waals surface area contributed by atoms with Crippen LogP contribution in [0.25, 0.3) is 44.6 Å². The molecule has 0 atom stereocenters. The first-order chi connectivity index (χ1) is 15.7. The predicted octanol–water partition coefficient (Wildman–Crippen LogP) is 4.69. The number of hydrogen-bond donors (Lipinski definition) is 3. The van der Waals surface area contributed by atoms with E-state index >= 15 is 0 Å². The molecule has 1 amide bonds. The van der Waals surface area contributed by atoms with Crippen molar-refractivity contribution in [3.63, 3.8) is 0 Å². The van der Waals surface area contributed by atoms with E-state index in [1.54, 1.807) is 24.8 Å². The lowest BCUT2D eigenvalue weighted by atomic mass is 10.1. The van der Waals surface area contributed by atoms with E-state index in [0.717, 1.165) is 64.6 Å². The van der Waals surface area contributed by atoms with Crippen molar-refractivity contribution in [3.05, 3.63) is 55.1 Å². The summed E-state index contributed by atoms with van der Waals surface area (Å²) in [6, 6.07) is 9.87. The number of carbonyl (C=O) groups is 1. The molecule has 0 bridgehead atoms. The van der Waals surface area contributed by atoms with Gasteiger partial charge in [0.25, 0.3) is 0 Å². The molecule has 0 aromatic carbocycles. The molecule has 8 heteroatoms. The number of carbonyl (C=O) groups excluding carboxylic acids is 1. The van der Waals surface area contributed by atoms with Gasteiger partial charge in [0.15, 0.2) is 5.65 Å². The van der Waals surface area contributed by atoms with E-state index in [4.69, 9.17) is 0 Å². The van der Waals surface area contributed by atoms with Gasteiger partial charge < -0.3 is 10.3 Å². The average molecular weight is 423 g/mol. The van der Waals surface area contributed by atoms with Gasteiger partial charge in [0.05, 0.1) is 34.3 Å². The summed E-state index contributed by atoms with van der Waals surface area (Å²) in [6.45, 7) is 0. The summed E-state index contributed by atoms with van der Waals surface area (Å²) in [5.74, 6) is 0.190. The Morgan fingerprint density at radius 3 is 2.78 bits per heavy atom. The molecule has 5 aromatic heterocycles. The Hall–Kier alpha value is -4.07. The fraction of sp³-hybridized carbons (Fsp3) is 0.208. The number of rotatable bonds is 4. The van der Waals surface area contributed by atoms with E-state index in [9.17, 15) is 4.79 Å². The number of pyridine rings is 3. The Kier molecular flexibility index (Phi) is 4.41. The first kappa shape index (κ1) is 18.7. The van der Waals surface area contributed by atoms with Gasteiger partial charge in [-0.05, 0) is 43.2 Å². The fourth-order valence-corrected chi connectivity index (χ4v) is 4.45. The molecule has 0 radical (unpaired) electrons. The summed E-state index contributed by atoms with van der Waals surface area (Å²) in [4.78, 5) is 29.1. The lowest BCUT2D eigenvalue weighted by Gasteiger charge is -2.11. The third kappa shape index (κ3) is 3.30. The Labute approximate surface area is 183 Å². The number of nitrogens with one attached hydrogen (secondary N) is 3. The quantitative estimate of drug-likeness (QED) is 0.388. The Balaban J connectivity index is 1.35. The van der Waals surface area contributed by atoms with E-state index in [2.05, 4.69) is 35.5 Å². The van der Waals surface area contributed by atoms with E-state index in [0.29, 0.717) is 11.3 Å². The molecule has 5 heterocycles. The highest BCUT2D eigenvalue weighted by molar-refractivity contribution is 5.96. The molecule has 6 rings (SSSR count). The average Bonchev–Trinajstić information content (AvgIpc) is 3.58. The standard InChI is InChI=1S/C24H21N7O/c32-24(14-4-1-2-5-14)28-17-8-15(11-25-13-17)16-9-18-22(30-31-23(18)27-12-16)21-10-20-19(29-21)6-3-7-26-20/h3,6-14,29H,1-2,4-5H2,(H,28,32)(H,27,30,31). The number of nitrogens with zero attached hydrogens (tertiary/aromatic N) is 4. The molecule has 1 fully saturated rings. The van der Waals surface area contributed by atoms with Crippen molar-refractivity contribution >= 4 is 33.7 Å². The maximum absolute atomic E-state index is 12.5. The van der Waals surface area contributed by atoms with Crippen molar-refractivity contribution in [3.8, 4) is 22.5 Å². The SMILES string of the molecule is O=C(Nc1cncc(-c2cnc3n[nH]c(-c4cc5ncccc5[nH]4)c3c2)c1)C1CCCC1. The van der Waals surface area contributed by atoms with Gasteiger partial charge in [0.1, 0.15) is 0 Å². The lowest BCUT2D eigenvalue weighted by Crippen LogP contribution is -2.20. The summed E-state index contributed by atoms with van der Waals surface area (Å²) >= 11 is 0. The van der Waals surface area contributed by atoms with Crippen LogP contribution in [0.2, 0.25) is 0 Å². The zero-order chi connectivity index (χ0) is 21.5. The second-order valence-electron chi connectivity index (χ2n) is 8.25. The van der Waals surface area contributed by atoms with Gasteiger partial charge >= 0.3 is 0 Å². The smallest absolute Gasteiger partial charge is 0.227 e. The van der Waals surface area contributed by atoms with E-state index < -0.39 is 0 Å². The van der Waals surface area contributed by atoms with Gasteiger partial charge in [-0.1, -0.05) is 12.8 Å². The number of hydrogen-bond acceptors (Lipinski definition) is 5. The summed E-state index contributed by atoms with van der Waals surface area (Å²) in [5.41, 5.74) is 6.73. The third-order valence-electron chi connectivity index (χ3n) is 6.13. The van der Waals surface area contributed by atoms with Gasteiger partial charge in [-0.2, -0.15) is 5.10 Å². The summed E-state index contributed by atoms with van der Waals surface area (Å²) < 4.78 is 0. The normalized spacial score (nSPS) is 14.4. The minimum Gasteiger partial charge on any atom is -0.352 e. The molecule has 158 valence electrons. The first-order valence-electron chi connectivity index (χ1n) is 10.8. The van der Waals surface area contributed by atoms with Crippen molar-refractivity contribution in [2.45, 2.75) is 25.7 Å². The Morgan fingerprint density at radius 1 is 1.03 bits per heavy atom. The third-order valence-corrected chi connectivity index (χ3v) is 6.13. The molecule has 8 nitrogen and oxygen atoms in total. The Bertz CT molecular complexity index is 1410. The molecule has 0 spiro atoms. The van der Waals surface area contributed by atoms with Gasteiger partial charge in [-0.15, -0.1) is 0 Å². The minimum atomic E-state index is 0.0829. The lowest BCUT2D eigenvalue weighted by molar-refractivity contribution is -0.119. The van der Waals surface area contributed by atoms with Crippen LogP contribution >= 0.6 is 0 Å². The number of aromatic amines is 2. The molecule has 1 aliphatic rings. The molecule has 32 heavy (non-hydrogen) atoms. The van der Waals surface area contributed by atoms with Crippen LogP contribution in [0.3, 0.4) is 0 Å². The van der Waals surface area contributed by atoms with Gasteiger partial charge in [0.2, 0.25) is 5.91 Å². The minimum absolute atomic E-state index is 0.0829. The van der Waals surface area contributed by atoms with Crippen molar-refractivity contribution in [2.24, 2.45) is 5.92 Å². The maximum Gasteiger partial charge on any atom is 0.227 e. The molecule has 5 aromatic rings. The highest BCUT2D eigenvalue weighted by Crippen LogP contribution is 2.31. The highest BCUT2D eigenvalue weighted by Gasteiger charge is 2.22.